The number of rotatable bonds is 4. The summed E-state index contributed by atoms with van der Waals surface area (Å²) < 4.78 is 5.07. The Labute approximate surface area is 88.5 Å². The number of carbonyl (C=O) groups is 1. The third kappa shape index (κ3) is 2.55. The molecule has 2 heterocycles. The maximum Gasteiger partial charge on any atom is 0.266 e. The van der Waals surface area contributed by atoms with Gasteiger partial charge in [0.25, 0.3) is 5.95 Å². The lowest BCUT2D eigenvalue weighted by molar-refractivity contribution is -0.117. The van der Waals surface area contributed by atoms with Crippen molar-refractivity contribution in [2.45, 2.75) is 32.6 Å². The maximum absolute atomic E-state index is 10.8. The first-order valence-corrected chi connectivity index (χ1v) is 5.32. The van der Waals surface area contributed by atoms with E-state index in [0.29, 0.717) is 24.7 Å². The first-order chi connectivity index (χ1) is 7.25. The largest absolute Gasteiger partial charge is 0.338 e. The SMILES string of the molecule is CC(=O)CCc1nc(N2CCCC2)no1. The average Bonchev–Trinajstić information content (AvgIpc) is 2.85. The van der Waals surface area contributed by atoms with Gasteiger partial charge in [-0.15, -0.1) is 0 Å². The second-order valence-corrected chi connectivity index (χ2v) is 3.88. The number of carbonyl (C=O) groups excluding carboxylic acids is 1. The second kappa shape index (κ2) is 4.42. The predicted octanol–water partition coefficient (Wildman–Crippen LogP) is 1.19. The lowest BCUT2D eigenvalue weighted by atomic mass is 10.2. The predicted molar refractivity (Wildman–Crippen MR) is 54.7 cm³/mol. The first-order valence-electron chi connectivity index (χ1n) is 5.32. The fraction of sp³-hybridized carbons (Fsp3) is 0.700. The lowest BCUT2D eigenvalue weighted by Gasteiger charge is -2.09. The van der Waals surface area contributed by atoms with Gasteiger partial charge < -0.3 is 14.2 Å². The van der Waals surface area contributed by atoms with Crippen LogP contribution in [-0.4, -0.2) is 29.0 Å². The number of hydrogen-bond acceptors (Lipinski definition) is 5. The Morgan fingerprint density at radius 3 is 2.87 bits per heavy atom. The molecule has 0 unspecified atom stereocenters. The van der Waals surface area contributed by atoms with Gasteiger partial charge in [-0.2, -0.15) is 4.98 Å². The molecule has 15 heavy (non-hydrogen) atoms. The highest BCUT2D eigenvalue weighted by Crippen LogP contribution is 2.16. The van der Waals surface area contributed by atoms with Crippen LogP contribution in [0.2, 0.25) is 0 Å². The van der Waals surface area contributed by atoms with Crippen molar-refractivity contribution in [3.05, 3.63) is 5.89 Å². The van der Waals surface area contributed by atoms with E-state index in [4.69, 9.17) is 4.52 Å². The second-order valence-electron chi connectivity index (χ2n) is 3.88. The number of Topliss-reactive ketones (excluding diaryl/α,β-unsaturated/α-hetero) is 1. The van der Waals surface area contributed by atoms with Gasteiger partial charge in [0.15, 0.2) is 0 Å². The average molecular weight is 209 g/mol. The Balaban J connectivity index is 1.94. The highest BCUT2D eigenvalue weighted by molar-refractivity contribution is 5.75. The van der Waals surface area contributed by atoms with Crippen LogP contribution >= 0.6 is 0 Å². The molecule has 1 fully saturated rings. The van der Waals surface area contributed by atoms with E-state index >= 15 is 0 Å². The van der Waals surface area contributed by atoms with Crippen LogP contribution in [0.5, 0.6) is 0 Å². The van der Waals surface area contributed by atoms with Crippen LogP contribution in [0.25, 0.3) is 0 Å². The molecule has 0 radical (unpaired) electrons. The zero-order valence-electron chi connectivity index (χ0n) is 8.90. The molecule has 1 aromatic rings. The van der Waals surface area contributed by atoms with Crippen molar-refractivity contribution < 1.29 is 9.32 Å². The third-order valence-electron chi connectivity index (χ3n) is 2.54. The Morgan fingerprint density at radius 1 is 1.47 bits per heavy atom. The molecule has 5 nitrogen and oxygen atoms in total. The molecule has 0 atom stereocenters. The van der Waals surface area contributed by atoms with Crippen LogP contribution in [-0.2, 0) is 11.2 Å². The summed E-state index contributed by atoms with van der Waals surface area (Å²) in [6.07, 6.45) is 3.41. The molecule has 0 aliphatic carbocycles. The van der Waals surface area contributed by atoms with Crippen molar-refractivity contribution in [3.63, 3.8) is 0 Å². The lowest BCUT2D eigenvalue weighted by Crippen LogP contribution is -2.18. The quantitative estimate of drug-likeness (QED) is 0.745. The summed E-state index contributed by atoms with van der Waals surface area (Å²) in [6, 6.07) is 0. The van der Waals surface area contributed by atoms with E-state index in [-0.39, 0.29) is 5.78 Å². The maximum atomic E-state index is 10.8. The van der Waals surface area contributed by atoms with Gasteiger partial charge in [0.1, 0.15) is 5.78 Å². The fourth-order valence-electron chi connectivity index (χ4n) is 1.68. The summed E-state index contributed by atoms with van der Waals surface area (Å²) in [4.78, 5) is 17.2. The van der Waals surface area contributed by atoms with Gasteiger partial charge in [0.05, 0.1) is 0 Å². The van der Waals surface area contributed by atoms with Crippen molar-refractivity contribution in [1.29, 1.82) is 0 Å². The smallest absolute Gasteiger partial charge is 0.266 e. The Kier molecular flexibility index (Phi) is 2.99. The van der Waals surface area contributed by atoms with Crippen molar-refractivity contribution in [2.75, 3.05) is 18.0 Å². The van der Waals surface area contributed by atoms with Gasteiger partial charge in [0, 0.05) is 25.9 Å². The van der Waals surface area contributed by atoms with E-state index in [1.54, 1.807) is 6.92 Å². The topological polar surface area (TPSA) is 59.2 Å². The summed E-state index contributed by atoms with van der Waals surface area (Å²) in [5.41, 5.74) is 0. The molecule has 0 saturated carbocycles. The van der Waals surface area contributed by atoms with Gasteiger partial charge in [0.2, 0.25) is 5.89 Å². The van der Waals surface area contributed by atoms with Crippen molar-refractivity contribution in [3.8, 4) is 0 Å². The minimum absolute atomic E-state index is 0.149. The van der Waals surface area contributed by atoms with E-state index in [0.717, 1.165) is 13.1 Å². The normalized spacial score (nSPS) is 15.9. The molecule has 0 aromatic carbocycles. The number of aromatic nitrogens is 2. The summed E-state index contributed by atoms with van der Waals surface area (Å²) in [7, 11) is 0. The number of anilines is 1. The number of ketones is 1. The highest BCUT2D eigenvalue weighted by atomic mass is 16.5. The van der Waals surface area contributed by atoms with E-state index < -0.39 is 0 Å². The molecule has 0 N–H and O–H groups in total. The van der Waals surface area contributed by atoms with Crippen LogP contribution in [0.4, 0.5) is 5.95 Å². The van der Waals surface area contributed by atoms with Gasteiger partial charge in [-0.1, -0.05) is 0 Å². The first kappa shape index (κ1) is 10.1. The summed E-state index contributed by atoms with van der Waals surface area (Å²) in [5.74, 6) is 1.38. The number of nitrogens with zero attached hydrogens (tertiary/aromatic N) is 3. The summed E-state index contributed by atoms with van der Waals surface area (Å²) in [5, 5.41) is 3.90. The van der Waals surface area contributed by atoms with Crippen LogP contribution in [0.1, 0.15) is 32.1 Å². The Hall–Kier alpha value is -1.39. The van der Waals surface area contributed by atoms with Crippen LogP contribution in [0.3, 0.4) is 0 Å². The zero-order valence-corrected chi connectivity index (χ0v) is 8.90. The minimum atomic E-state index is 0.149. The van der Waals surface area contributed by atoms with E-state index in [2.05, 4.69) is 15.0 Å². The summed E-state index contributed by atoms with van der Waals surface area (Å²) in [6.45, 7) is 3.58. The molecule has 0 spiro atoms. The molecule has 0 bridgehead atoms. The Bertz CT molecular complexity index is 342. The molecule has 1 aliphatic heterocycles. The highest BCUT2D eigenvalue weighted by Gasteiger charge is 2.17. The molecule has 0 amide bonds. The molecule has 1 aliphatic rings. The van der Waals surface area contributed by atoms with Crippen LogP contribution < -0.4 is 4.90 Å². The van der Waals surface area contributed by atoms with Crippen LogP contribution in [0, 0.1) is 0 Å². The molecule has 2 rings (SSSR count). The van der Waals surface area contributed by atoms with Gasteiger partial charge in [-0.05, 0) is 24.9 Å². The van der Waals surface area contributed by atoms with Crippen LogP contribution in [0.15, 0.2) is 4.52 Å². The number of aryl methyl sites for hydroxylation is 1. The standard InChI is InChI=1S/C10H15N3O2/c1-8(14)4-5-9-11-10(12-15-9)13-6-2-3-7-13/h2-7H2,1H3. The van der Waals surface area contributed by atoms with E-state index in [1.165, 1.54) is 12.8 Å². The Morgan fingerprint density at radius 2 is 2.20 bits per heavy atom. The number of hydrogen-bond donors (Lipinski definition) is 0. The van der Waals surface area contributed by atoms with Gasteiger partial charge in [-0.3, -0.25) is 0 Å². The molecular weight excluding hydrogens is 194 g/mol. The van der Waals surface area contributed by atoms with E-state index in [1.807, 2.05) is 0 Å². The van der Waals surface area contributed by atoms with Crippen molar-refractivity contribution in [2.24, 2.45) is 0 Å². The molecule has 82 valence electrons. The molecule has 1 aromatic heterocycles. The molecular formula is C10H15N3O2. The van der Waals surface area contributed by atoms with Crippen molar-refractivity contribution >= 4 is 11.7 Å². The fourth-order valence-corrected chi connectivity index (χ4v) is 1.68. The minimum Gasteiger partial charge on any atom is -0.338 e. The van der Waals surface area contributed by atoms with Crippen molar-refractivity contribution in [1.82, 2.24) is 10.1 Å². The third-order valence-corrected chi connectivity index (χ3v) is 2.54. The van der Waals surface area contributed by atoms with Gasteiger partial charge >= 0.3 is 0 Å². The zero-order chi connectivity index (χ0) is 10.7. The monoisotopic (exact) mass is 209 g/mol. The summed E-state index contributed by atoms with van der Waals surface area (Å²) >= 11 is 0. The van der Waals surface area contributed by atoms with E-state index in [9.17, 15) is 4.79 Å². The molecule has 5 heteroatoms. The molecule has 1 saturated heterocycles. The van der Waals surface area contributed by atoms with Gasteiger partial charge in [-0.25, -0.2) is 0 Å².